The molecule has 0 aliphatic rings. The molecule has 0 bridgehead atoms. The number of carboxylic acid groups (broad SMARTS) is 1. The second-order valence-electron chi connectivity index (χ2n) is 4.43. The Kier molecular flexibility index (Phi) is 4.71. The molecule has 0 saturated carbocycles. The molecule has 5 nitrogen and oxygen atoms in total. The zero-order chi connectivity index (χ0) is 13.7. The number of phenolic OH excluding ortho intramolecular Hbond substituents is 1. The van der Waals surface area contributed by atoms with Gasteiger partial charge in [-0.25, -0.2) is 0 Å². The van der Waals surface area contributed by atoms with Crippen LogP contribution in [-0.4, -0.2) is 28.6 Å². The van der Waals surface area contributed by atoms with Crippen LogP contribution >= 0.6 is 0 Å². The first-order valence-electron chi connectivity index (χ1n) is 5.69. The van der Waals surface area contributed by atoms with Crippen LogP contribution in [0.1, 0.15) is 29.3 Å². The van der Waals surface area contributed by atoms with Crippen molar-refractivity contribution in [3.63, 3.8) is 0 Å². The van der Waals surface area contributed by atoms with Crippen molar-refractivity contribution in [3.8, 4) is 5.75 Å². The first-order chi connectivity index (χ1) is 8.40. The predicted molar refractivity (Wildman–Crippen MR) is 66.6 cm³/mol. The minimum Gasteiger partial charge on any atom is -0.507 e. The number of carbonyl (C=O) groups excluding carboxylic acids is 1. The van der Waals surface area contributed by atoms with Crippen LogP contribution in [-0.2, 0) is 4.79 Å². The van der Waals surface area contributed by atoms with Gasteiger partial charge in [-0.15, -0.1) is 0 Å². The fourth-order valence-electron chi connectivity index (χ4n) is 1.56. The molecule has 0 aliphatic heterocycles. The van der Waals surface area contributed by atoms with Gasteiger partial charge in [0.15, 0.2) is 0 Å². The summed E-state index contributed by atoms with van der Waals surface area (Å²) in [7, 11) is 0. The Morgan fingerprint density at radius 3 is 2.67 bits per heavy atom. The van der Waals surface area contributed by atoms with Gasteiger partial charge in [0, 0.05) is 13.0 Å². The van der Waals surface area contributed by atoms with Crippen molar-refractivity contribution in [1.29, 1.82) is 0 Å². The van der Waals surface area contributed by atoms with Crippen LogP contribution in [0.3, 0.4) is 0 Å². The predicted octanol–water partition coefficient (Wildman–Crippen LogP) is 1.54. The van der Waals surface area contributed by atoms with Gasteiger partial charge in [-0.2, -0.15) is 0 Å². The molecule has 1 atom stereocenters. The Bertz CT molecular complexity index is 456. The second kappa shape index (κ2) is 6.05. The van der Waals surface area contributed by atoms with E-state index in [2.05, 4.69) is 5.32 Å². The van der Waals surface area contributed by atoms with Crippen LogP contribution in [0.4, 0.5) is 0 Å². The van der Waals surface area contributed by atoms with E-state index in [0.717, 1.165) is 5.56 Å². The molecule has 0 saturated heterocycles. The average Bonchev–Trinajstić information content (AvgIpc) is 2.28. The van der Waals surface area contributed by atoms with Crippen molar-refractivity contribution < 1.29 is 19.8 Å². The lowest BCUT2D eigenvalue weighted by atomic mass is 10.1. The molecule has 1 rings (SSSR count). The molecule has 0 spiro atoms. The summed E-state index contributed by atoms with van der Waals surface area (Å²) in [5, 5.41) is 20.8. The fourth-order valence-corrected chi connectivity index (χ4v) is 1.56. The lowest BCUT2D eigenvalue weighted by Crippen LogP contribution is -2.29. The minimum atomic E-state index is -0.893. The Balaban J connectivity index is 2.60. The van der Waals surface area contributed by atoms with Crippen LogP contribution < -0.4 is 5.32 Å². The second-order valence-corrected chi connectivity index (χ2v) is 4.43. The molecule has 1 unspecified atom stereocenters. The van der Waals surface area contributed by atoms with Gasteiger partial charge >= 0.3 is 5.97 Å². The number of aliphatic carboxylic acids is 1. The van der Waals surface area contributed by atoms with Crippen LogP contribution in [0.2, 0.25) is 0 Å². The molecule has 98 valence electrons. The lowest BCUT2D eigenvalue weighted by Gasteiger charge is -2.11. The van der Waals surface area contributed by atoms with E-state index in [-0.39, 0.29) is 30.2 Å². The number of hydrogen-bond donors (Lipinski definition) is 3. The van der Waals surface area contributed by atoms with Gasteiger partial charge in [0.2, 0.25) is 0 Å². The summed E-state index contributed by atoms with van der Waals surface area (Å²) >= 11 is 0. The van der Waals surface area contributed by atoms with Gasteiger partial charge < -0.3 is 15.5 Å². The molecule has 0 radical (unpaired) electrons. The first-order valence-corrected chi connectivity index (χ1v) is 5.69. The number of aryl methyl sites for hydroxylation is 1. The molecular weight excluding hydrogens is 234 g/mol. The van der Waals surface area contributed by atoms with Gasteiger partial charge in [0.05, 0.1) is 5.56 Å². The summed E-state index contributed by atoms with van der Waals surface area (Å²) in [5.74, 6) is -1.52. The van der Waals surface area contributed by atoms with E-state index in [1.165, 1.54) is 6.07 Å². The third kappa shape index (κ3) is 4.08. The molecule has 3 N–H and O–H groups in total. The average molecular weight is 251 g/mol. The Morgan fingerprint density at radius 1 is 1.39 bits per heavy atom. The molecule has 0 aromatic heterocycles. The van der Waals surface area contributed by atoms with E-state index in [0.29, 0.717) is 0 Å². The summed E-state index contributed by atoms with van der Waals surface area (Å²) in [4.78, 5) is 22.3. The molecule has 1 amide bonds. The monoisotopic (exact) mass is 251 g/mol. The molecule has 0 heterocycles. The lowest BCUT2D eigenvalue weighted by molar-refractivity contribution is -0.137. The SMILES string of the molecule is Cc1ccc(O)c(C(=O)NCC(C)CC(=O)O)c1. The van der Waals surface area contributed by atoms with Crippen LogP contribution in [0, 0.1) is 12.8 Å². The highest BCUT2D eigenvalue weighted by molar-refractivity contribution is 5.97. The highest BCUT2D eigenvalue weighted by Crippen LogP contribution is 2.17. The van der Waals surface area contributed by atoms with Gasteiger partial charge in [-0.1, -0.05) is 18.6 Å². The summed E-state index contributed by atoms with van der Waals surface area (Å²) in [6.45, 7) is 3.83. The number of nitrogens with one attached hydrogen (secondary N) is 1. The molecule has 0 aliphatic carbocycles. The third-order valence-corrected chi connectivity index (χ3v) is 2.53. The van der Waals surface area contributed by atoms with E-state index >= 15 is 0 Å². The molecule has 0 fully saturated rings. The van der Waals surface area contributed by atoms with Gasteiger partial charge in [0.1, 0.15) is 5.75 Å². The first kappa shape index (κ1) is 14.0. The maximum absolute atomic E-state index is 11.8. The van der Waals surface area contributed by atoms with Crippen LogP contribution in [0.15, 0.2) is 18.2 Å². The van der Waals surface area contributed by atoms with Gasteiger partial charge in [-0.05, 0) is 25.0 Å². The maximum atomic E-state index is 11.8. The summed E-state index contributed by atoms with van der Waals surface area (Å²) in [6.07, 6.45) is 0.0000790. The van der Waals surface area contributed by atoms with Crippen molar-refractivity contribution in [2.45, 2.75) is 20.3 Å². The Hall–Kier alpha value is -2.04. The van der Waals surface area contributed by atoms with E-state index in [9.17, 15) is 14.7 Å². The number of amides is 1. The van der Waals surface area contributed by atoms with E-state index in [1.807, 2.05) is 6.92 Å². The molecular formula is C13H17NO4. The Labute approximate surface area is 105 Å². The molecule has 1 aromatic carbocycles. The number of phenols is 1. The fraction of sp³-hybridized carbons (Fsp3) is 0.385. The zero-order valence-electron chi connectivity index (χ0n) is 10.4. The third-order valence-electron chi connectivity index (χ3n) is 2.53. The number of hydrogen-bond acceptors (Lipinski definition) is 3. The van der Waals surface area contributed by atoms with Crippen LogP contribution in [0.5, 0.6) is 5.75 Å². The number of carboxylic acids is 1. The van der Waals surface area contributed by atoms with Crippen molar-refractivity contribution in [2.75, 3.05) is 6.54 Å². The van der Waals surface area contributed by atoms with E-state index in [4.69, 9.17) is 5.11 Å². The maximum Gasteiger partial charge on any atom is 0.303 e. The van der Waals surface area contributed by atoms with Crippen molar-refractivity contribution in [1.82, 2.24) is 5.32 Å². The Morgan fingerprint density at radius 2 is 2.06 bits per heavy atom. The molecule has 1 aromatic rings. The quantitative estimate of drug-likeness (QED) is 0.740. The van der Waals surface area contributed by atoms with Gasteiger partial charge in [0.25, 0.3) is 5.91 Å². The normalized spacial score (nSPS) is 11.9. The number of carbonyl (C=O) groups is 2. The topological polar surface area (TPSA) is 86.6 Å². The minimum absolute atomic E-state index is 0.0000790. The number of benzene rings is 1. The van der Waals surface area contributed by atoms with E-state index < -0.39 is 11.9 Å². The summed E-state index contributed by atoms with van der Waals surface area (Å²) < 4.78 is 0. The molecule has 5 heteroatoms. The summed E-state index contributed by atoms with van der Waals surface area (Å²) in [5.41, 5.74) is 1.08. The van der Waals surface area contributed by atoms with Crippen LogP contribution in [0.25, 0.3) is 0 Å². The highest BCUT2D eigenvalue weighted by Gasteiger charge is 2.13. The smallest absolute Gasteiger partial charge is 0.303 e. The van der Waals surface area contributed by atoms with Crippen molar-refractivity contribution >= 4 is 11.9 Å². The number of aromatic hydroxyl groups is 1. The van der Waals surface area contributed by atoms with Crippen molar-refractivity contribution in [2.24, 2.45) is 5.92 Å². The zero-order valence-corrected chi connectivity index (χ0v) is 10.4. The standard InChI is InChI=1S/C13H17NO4/c1-8-3-4-11(15)10(5-8)13(18)14-7-9(2)6-12(16)17/h3-5,9,15H,6-7H2,1-2H3,(H,14,18)(H,16,17). The largest absolute Gasteiger partial charge is 0.507 e. The highest BCUT2D eigenvalue weighted by atomic mass is 16.4. The molecule has 18 heavy (non-hydrogen) atoms. The summed E-state index contributed by atoms with van der Waals surface area (Å²) in [6, 6.07) is 4.76. The van der Waals surface area contributed by atoms with E-state index in [1.54, 1.807) is 19.1 Å². The van der Waals surface area contributed by atoms with Crippen molar-refractivity contribution in [3.05, 3.63) is 29.3 Å². The number of rotatable bonds is 5. The van der Waals surface area contributed by atoms with Gasteiger partial charge in [-0.3, -0.25) is 9.59 Å².